The minimum Gasteiger partial charge on any atom is -0.467 e. The Labute approximate surface area is 201 Å². The van der Waals surface area contributed by atoms with Gasteiger partial charge in [-0.1, -0.05) is 12.1 Å². The van der Waals surface area contributed by atoms with Crippen molar-refractivity contribution in [1.82, 2.24) is 29.3 Å². The summed E-state index contributed by atoms with van der Waals surface area (Å²) < 4.78 is 7.21. The number of carbonyl (C=O) groups is 2. The van der Waals surface area contributed by atoms with Crippen molar-refractivity contribution in [1.29, 1.82) is 0 Å². The van der Waals surface area contributed by atoms with E-state index in [-0.39, 0.29) is 48.8 Å². The van der Waals surface area contributed by atoms with E-state index in [1.165, 1.54) is 18.6 Å². The molecule has 3 aromatic heterocycles. The van der Waals surface area contributed by atoms with Crippen molar-refractivity contribution in [3.05, 3.63) is 83.2 Å². The standard InChI is InChI=1S/C25H26N6O4/c32-23(9-14-30(17-19-4-3-15-35-19)24(33)21-16-26-10-11-27-21)29-12-7-18(8-13-29)31-22-6-2-1-5-20(22)28-25(31)34/h1-6,10-11,15-16,18H,7-9,12-14,17H2,(H,28,34). The maximum Gasteiger partial charge on any atom is 0.326 e. The third-order valence-electron chi connectivity index (χ3n) is 6.40. The van der Waals surface area contributed by atoms with Crippen molar-refractivity contribution in [2.24, 2.45) is 0 Å². The molecule has 0 radical (unpaired) electrons. The van der Waals surface area contributed by atoms with E-state index in [0.29, 0.717) is 31.7 Å². The van der Waals surface area contributed by atoms with Gasteiger partial charge in [0.2, 0.25) is 5.91 Å². The molecule has 1 N–H and O–H groups in total. The first-order chi connectivity index (χ1) is 17.1. The number of aromatic nitrogens is 4. The molecule has 0 bridgehead atoms. The summed E-state index contributed by atoms with van der Waals surface area (Å²) in [5, 5.41) is 0. The van der Waals surface area contributed by atoms with Gasteiger partial charge in [0.15, 0.2) is 0 Å². The van der Waals surface area contributed by atoms with Gasteiger partial charge in [0.25, 0.3) is 5.91 Å². The normalized spacial score (nSPS) is 14.3. The van der Waals surface area contributed by atoms with Gasteiger partial charge in [-0.05, 0) is 37.1 Å². The molecule has 0 spiro atoms. The summed E-state index contributed by atoms with van der Waals surface area (Å²) in [6.45, 7) is 1.59. The predicted octanol–water partition coefficient (Wildman–Crippen LogP) is 2.61. The number of benzene rings is 1. The number of carbonyl (C=O) groups excluding carboxylic acids is 2. The monoisotopic (exact) mass is 474 g/mol. The lowest BCUT2D eigenvalue weighted by Crippen LogP contribution is -2.42. The minimum atomic E-state index is -0.306. The first kappa shape index (κ1) is 22.6. The summed E-state index contributed by atoms with van der Waals surface area (Å²) in [5.41, 5.74) is 1.81. The zero-order valence-electron chi connectivity index (χ0n) is 19.2. The fourth-order valence-corrected chi connectivity index (χ4v) is 4.61. The average Bonchev–Trinajstić information content (AvgIpc) is 3.53. The molecular formula is C25H26N6O4. The third-order valence-corrected chi connectivity index (χ3v) is 6.40. The van der Waals surface area contributed by atoms with Crippen molar-refractivity contribution >= 4 is 22.8 Å². The van der Waals surface area contributed by atoms with E-state index in [9.17, 15) is 14.4 Å². The predicted molar refractivity (Wildman–Crippen MR) is 128 cm³/mol. The number of furan rings is 1. The number of hydrogen-bond donors (Lipinski definition) is 1. The van der Waals surface area contributed by atoms with Crippen molar-refractivity contribution in [2.45, 2.75) is 31.8 Å². The molecule has 10 nitrogen and oxygen atoms in total. The van der Waals surface area contributed by atoms with Crippen molar-refractivity contribution < 1.29 is 14.0 Å². The Morgan fingerprint density at radius 2 is 1.94 bits per heavy atom. The van der Waals surface area contributed by atoms with Crippen LogP contribution in [-0.4, -0.2) is 60.8 Å². The Morgan fingerprint density at radius 1 is 1.11 bits per heavy atom. The molecule has 1 aliphatic rings. The van der Waals surface area contributed by atoms with Crippen molar-refractivity contribution in [3.63, 3.8) is 0 Å². The van der Waals surface area contributed by atoms with E-state index < -0.39 is 0 Å². The highest BCUT2D eigenvalue weighted by Gasteiger charge is 2.27. The molecule has 1 aromatic carbocycles. The van der Waals surface area contributed by atoms with Crippen LogP contribution in [0, 0.1) is 0 Å². The molecule has 180 valence electrons. The van der Waals surface area contributed by atoms with Crippen LogP contribution in [0.25, 0.3) is 11.0 Å². The molecule has 4 aromatic rings. The number of rotatable bonds is 7. The second-order valence-electron chi connectivity index (χ2n) is 8.58. The van der Waals surface area contributed by atoms with Crippen LogP contribution in [-0.2, 0) is 11.3 Å². The number of para-hydroxylation sites is 2. The highest BCUT2D eigenvalue weighted by molar-refractivity contribution is 5.92. The second-order valence-corrected chi connectivity index (χ2v) is 8.58. The fourth-order valence-electron chi connectivity index (χ4n) is 4.61. The maximum absolute atomic E-state index is 13.0. The van der Waals surface area contributed by atoms with Gasteiger partial charge >= 0.3 is 5.69 Å². The van der Waals surface area contributed by atoms with Crippen LogP contribution in [0.3, 0.4) is 0 Å². The van der Waals surface area contributed by atoms with Gasteiger partial charge in [0.05, 0.1) is 30.0 Å². The van der Waals surface area contributed by atoms with Crippen molar-refractivity contribution in [2.75, 3.05) is 19.6 Å². The van der Waals surface area contributed by atoms with Gasteiger partial charge in [0.1, 0.15) is 11.5 Å². The summed E-state index contributed by atoms with van der Waals surface area (Å²) in [5.74, 6) is 0.297. The van der Waals surface area contributed by atoms with Gasteiger partial charge in [-0.15, -0.1) is 0 Å². The topological polar surface area (TPSA) is 117 Å². The first-order valence-corrected chi connectivity index (χ1v) is 11.6. The molecule has 10 heteroatoms. The molecule has 0 aliphatic carbocycles. The van der Waals surface area contributed by atoms with Gasteiger partial charge in [0, 0.05) is 44.5 Å². The zero-order valence-corrected chi connectivity index (χ0v) is 19.2. The number of piperidine rings is 1. The fraction of sp³-hybridized carbons (Fsp3) is 0.320. The summed E-state index contributed by atoms with van der Waals surface area (Å²) in [4.78, 5) is 52.9. The third kappa shape index (κ3) is 4.86. The molecule has 2 amide bonds. The Balaban J connectivity index is 1.21. The van der Waals surface area contributed by atoms with Gasteiger partial charge < -0.3 is 19.2 Å². The van der Waals surface area contributed by atoms with Crippen LogP contribution in [0.1, 0.15) is 41.6 Å². The lowest BCUT2D eigenvalue weighted by Gasteiger charge is -2.33. The SMILES string of the molecule is O=C(CCN(Cc1ccco1)C(=O)c1cnccn1)N1CCC(n2c(=O)[nH]c3ccccc32)CC1. The van der Waals surface area contributed by atoms with E-state index in [0.717, 1.165) is 11.0 Å². The largest absolute Gasteiger partial charge is 0.467 e. The molecule has 1 saturated heterocycles. The molecule has 5 rings (SSSR count). The smallest absolute Gasteiger partial charge is 0.326 e. The van der Waals surface area contributed by atoms with Crippen LogP contribution < -0.4 is 5.69 Å². The van der Waals surface area contributed by atoms with Crippen molar-refractivity contribution in [3.8, 4) is 0 Å². The number of imidazole rings is 1. The highest BCUT2D eigenvalue weighted by Crippen LogP contribution is 2.25. The molecule has 1 aliphatic heterocycles. The van der Waals surface area contributed by atoms with Gasteiger partial charge in [-0.25, -0.2) is 9.78 Å². The Bertz CT molecular complexity index is 1350. The highest BCUT2D eigenvalue weighted by atomic mass is 16.3. The van der Waals surface area contributed by atoms with E-state index in [2.05, 4.69) is 15.0 Å². The van der Waals surface area contributed by atoms with E-state index in [1.807, 2.05) is 33.7 Å². The molecule has 0 unspecified atom stereocenters. The molecule has 4 heterocycles. The van der Waals surface area contributed by atoms with Gasteiger partial charge in [-0.2, -0.15) is 0 Å². The van der Waals surface area contributed by atoms with Crippen LogP contribution in [0.5, 0.6) is 0 Å². The van der Waals surface area contributed by atoms with Crippen LogP contribution >= 0.6 is 0 Å². The lowest BCUT2D eigenvalue weighted by molar-refractivity contribution is -0.132. The number of amides is 2. The number of H-pyrrole nitrogens is 1. The van der Waals surface area contributed by atoms with Gasteiger partial charge in [-0.3, -0.25) is 19.1 Å². The van der Waals surface area contributed by atoms with E-state index in [4.69, 9.17) is 4.42 Å². The summed E-state index contributed by atoms with van der Waals surface area (Å²) in [6, 6.07) is 11.2. The zero-order chi connectivity index (χ0) is 24.2. The number of aromatic amines is 1. The summed E-state index contributed by atoms with van der Waals surface area (Å²) >= 11 is 0. The maximum atomic E-state index is 13.0. The summed E-state index contributed by atoms with van der Waals surface area (Å²) in [6.07, 6.45) is 7.51. The molecule has 0 atom stereocenters. The lowest BCUT2D eigenvalue weighted by atomic mass is 10.0. The Hall–Kier alpha value is -4.21. The van der Waals surface area contributed by atoms with E-state index in [1.54, 1.807) is 23.3 Å². The number of likely N-dealkylation sites (tertiary alicyclic amines) is 1. The Morgan fingerprint density at radius 3 is 2.69 bits per heavy atom. The van der Waals surface area contributed by atoms with Crippen LogP contribution in [0.4, 0.5) is 0 Å². The molecular weight excluding hydrogens is 448 g/mol. The summed E-state index contributed by atoms with van der Waals surface area (Å²) in [7, 11) is 0. The van der Waals surface area contributed by atoms with E-state index >= 15 is 0 Å². The first-order valence-electron chi connectivity index (χ1n) is 11.6. The molecule has 0 saturated carbocycles. The quantitative estimate of drug-likeness (QED) is 0.440. The second kappa shape index (κ2) is 9.96. The number of hydrogen-bond acceptors (Lipinski definition) is 6. The number of nitrogens with one attached hydrogen (secondary N) is 1. The number of nitrogens with zero attached hydrogens (tertiary/aromatic N) is 5. The van der Waals surface area contributed by atoms with Crippen LogP contribution in [0.2, 0.25) is 0 Å². The Kier molecular flexibility index (Phi) is 6.42. The average molecular weight is 475 g/mol. The number of fused-ring (bicyclic) bond motifs is 1. The minimum absolute atomic E-state index is 0.0221. The molecule has 35 heavy (non-hydrogen) atoms. The van der Waals surface area contributed by atoms with Crippen LogP contribution in [0.15, 0.2) is 70.5 Å². The molecule has 1 fully saturated rings.